The summed E-state index contributed by atoms with van der Waals surface area (Å²) in [5.41, 5.74) is 0.485. The monoisotopic (exact) mass is 545 g/mol. The second kappa shape index (κ2) is 7.22. The number of carbonyl (C=O) groups excluding carboxylic acids is 1. The molecule has 9 heteroatoms. The molecular formula is C18H7Br2Cl2NO3S. The van der Waals surface area contributed by atoms with Gasteiger partial charge in [0.15, 0.2) is 5.70 Å². The number of aromatic hydroxyl groups is 1. The molecule has 4 rings (SSSR count). The van der Waals surface area contributed by atoms with Gasteiger partial charge in [0.1, 0.15) is 10.6 Å². The van der Waals surface area contributed by atoms with Gasteiger partial charge in [0.2, 0.25) is 5.90 Å². The van der Waals surface area contributed by atoms with Gasteiger partial charge in [-0.2, -0.15) is 0 Å². The number of halogens is 4. The normalized spacial score (nSPS) is 15.5. The molecule has 136 valence electrons. The number of ether oxygens (including phenoxy) is 1. The van der Waals surface area contributed by atoms with E-state index in [1.54, 1.807) is 24.3 Å². The van der Waals surface area contributed by atoms with E-state index in [0.717, 1.165) is 14.6 Å². The molecule has 0 amide bonds. The lowest BCUT2D eigenvalue weighted by Gasteiger charge is -2.03. The van der Waals surface area contributed by atoms with Gasteiger partial charge in [-0.25, -0.2) is 9.79 Å². The molecule has 2 heterocycles. The molecule has 0 atom stereocenters. The number of benzene rings is 2. The largest absolute Gasteiger partial charge is 0.506 e. The van der Waals surface area contributed by atoms with Crippen LogP contribution in [-0.4, -0.2) is 17.0 Å². The predicted molar refractivity (Wildman–Crippen MR) is 116 cm³/mol. The maximum Gasteiger partial charge on any atom is 0.363 e. The molecule has 0 fully saturated rings. The smallest absolute Gasteiger partial charge is 0.363 e. The number of phenolic OH excluding ortho intramolecular Hbond substituents is 1. The zero-order chi connectivity index (χ0) is 19.3. The van der Waals surface area contributed by atoms with Gasteiger partial charge < -0.3 is 9.84 Å². The van der Waals surface area contributed by atoms with Crippen LogP contribution in [0.3, 0.4) is 0 Å². The van der Waals surface area contributed by atoms with Crippen molar-refractivity contribution in [2.75, 3.05) is 0 Å². The van der Waals surface area contributed by atoms with E-state index in [0.29, 0.717) is 25.0 Å². The minimum Gasteiger partial charge on any atom is -0.506 e. The fraction of sp³-hybridized carbons (Fsp3) is 0. The maximum atomic E-state index is 12.3. The van der Waals surface area contributed by atoms with Crippen LogP contribution in [0.2, 0.25) is 10.0 Å². The number of aliphatic imine (C=N–C) groups is 1. The summed E-state index contributed by atoms with van der Waals surface area (Å²) in [5.74, 6) is -0.495. The summed E-state index contributed by atoms with van der Waals surface area (Å²) < 4.78 is 7.40. The minimum atomic E-state index is -0.618. The SMILES string of the molecule is O=C1OC(c2sc3cc(Cl)ccc3c2Cl)=N/C1=C/c1cc(Br)cc(Br)c1O. The predicted octanol–water partition coefficient (Wildman–Crippen LogP) is 6.78. The van der Waals surface area contributed by atoms with E-state index >= 15 is 0 Å². The Kier molecular flexibility index (Phi) is 5.07. The van der Waals surface area contributed by atoms with Gasteiger partial charge in [0.05, 0.1) is 9.50 Å². The summed E-state index contributed by atoms with van der Waals surface area (Å²) >= 11 is 20.4. The molecule has 1 N–H and O–H groups in total. The molecule has 2 aromatic carbocycles. The van der Waals surface area contributed by atoms with Crippen molar-refractivity contribution in [3.8, 4) is 5.75 Å². The number of hydrogen-bond donors (Lipinski definition) is 1. The topological polar surface area (TPSA) is 58.9 Å². The quantitative estimate of drug-likeness (QED) is 0.284. The first kappa shape index (κ1) is 19.0. The van der Waals surface area contributed by atoms with Gasteiger partial charge in [-0.3, -0.25) is 0 Å². The van der Waals surface area contributed by atoms with Crippen LogP contribution in [0.25, 0.3) is 16.2 Å². The minimum absolute atomic E-state index is 0.00307. The molecule has 0 bridgehead atoms. The fourth-order valence-electron chi connectivity index (χ4n) is 2.53. The van der Waals surface area contributed by atoms with Crippen LogP contribution >= 0.6 is 66.4 Å². The molecule has 0 radical (unpaired) electrons. The summed E-state index contributed by atoms with van der Waals surface area (Å²) in [6.07, 6.45) is 1.46. The number of cyclic esters (lactones) is 1. The van der Waals surface area contributed by atoms with Gasteiger partial charge in [0.25, 0.3) is 0 Å². The summed E-state index contributed by atoms with van der Waals surface area (Å²) in [6.45, 7) is 0. The molecule has 27 heavy (non-hydrogen) atoms. The number of phenols is 1. The van der Waals surface area contributed by atoms with Crippen molar-refractivity contribution in [3.63, 3.8) is 0 Å². The highest BCUT2D eigenvalue weighted by Gasteiger charge is 2.28. The van der Waals surface area contributed by atoms with E-state index in [2.05, 4.69) is 36.9 Å². The first-order chi connectivity index (χ1) is 12.8. The Balaban J connectivity index is 1.79. The third-order valence-corrected chi connectivity index (χ3v) is 6.70. The van der Waals surface area contributed by atoms with Crippen LogP contribution < -0.4 is 0 Å². The average Bonchev–Trinajstić information content (AvgIpc) is 3.12. The van der Waals surface area contributed by atoms with Gasteiger partial charge in [0, 0.05) is 25.1 Å². The Hall–Kier alpha value is -1.38. The molecule has 1 aliphatic rings. The number of thiophene rings is 1. The zero-order valence-electron chi connectivity index (χ0n) is 13.1. The van der Waals surface area contributed by atoms with Crippen molar-refractivity contribution >= 4 is 94.4 Å². The first-order valence-corrected chi connectivity index (χ1v) is 10.6. The summed E-state index contributed by atoms with van der Waals surface area (Å²) in [7, 11) is 0. The third-order valence-electron chi connectivity index (χ3n) is 3.76. The second-order valence-electron chi connectivity index (χ2n) is 5.55. The van der Waals surface area contributed by atoms with Crippen LogP contribution in [0.4, 0.5) is 0 Å². The molecule has 0 spiro atoms. The van der Waals surface area contributed by atoms with E-state index in [1.165, 1.54) is 17.4 Å². The lowest BCUT2D eigenvalue weighted by molar-refractivity contribution is -0.129. The summed E-state index contributed by atoms with van der Waals surface area (Å²) in [5, 5.41) is 12.0. The Labute approximate surface area is 184 Å². The molecular weight excluding hydrogens is 541 g/mol. The molecule has 0 saturated carbocycles. The fourth-order valence-corrected chi connectivity index (χ4v) is 5.50. The van der Waals surface area contributed by atoms with Gasteiger partial charge in [-0.15, -0.1) is 11.3 Å². The average molecular weight is 548 g/mol. The number of fused-ring (bicyclic) bond motifs is 1. The summed E-state index contributed by atoms with van der Waals surface area (Å²) in [6, 6.07) is 8.71. The van der Waals surface area contributed by atoms with Crippen LogP contribution in [0.1, 0.15) is 10.4 Å². The maximum absolute atomic E-state index is 12.3. The Morgan fingerprint density at radius 3 is 2.74 bits per heavy atom. The van der Waals surface area contributed by atoms with Crippen molar-refractivity contribution < 1.29 is 14.6 Å². The second-order valence-corrected chi connectivity index (χ2v) is 9.18. The molecule has 0 saturated heterocycles. The number of esters is 1. The Morgan fingerprint density at radius 1 is 1.19 bits per heavy atom. The standard InChI is InChI=1S/C18H7Br2Cl2NO3S/c19-8-3-7(15(24)11(20)5-8)4-12-18(25)26-17(23-12)16-14(22)10-2-1-9(21)6-13(10)27-16/h1-6,24H/b12-4+. The van der Waals surface area contributed by atoms with Gasteiger partial charge >= 0.3 is 5.97 Å². The zero-order valence-corrected chi connectivity index (χ0v) is 18.6. The van der Waals surface area contributed by atoms with Crippen molar-refractivity contribution in [2.24, 2.45) is 4.99 Å². The van der Waals surface area contributed by atoms with E-state index in [-0.39, 0.29) is 17.3 Å². The molecule has 4 nitrogen and oxygen atoms in total. The Bertz CT molecular complexity index is 1190. The molecule has 1 aliphatic heterocycles. The van der Waals surface area contributed by atoms with E-state index in [9.17, 15) is 9.90 Å². The third kappa shape index (κ3) is 3.54. The van der Waals surface area contributed by atoms with Gasteiger partial charge in [-0.1, -0.05) is 45.2 Å². The van der Waals surface area contributed by atoms with Crippen molar-refractivity contribution in [1.82, 2.24) is 0 Å². The van der Waals surface area contributed by atoms with Crippen LogP contribution in [0, 0.1) is 0 Å². The number of carbonyl (C=O) groups is 1. The van der Waals surface area contributed by atoms with Gasteiger partial charge in [-0.05, 0) is 46.3 Å². The molecule has 0 unspecified atom stereocenters. The van der Waals surface area contributed by atoms with E-state index < -0.39 is 5.97 Å². The Morgan fingerprint density at radius 2 is 1.96 bits per heavy atom. The summed E-state index contributed by atoms with van der Waals surface area (Å²) in [4.78, 5) is 17.1. The first-order valence-electron chi connectivity index (χ1n) is 7.42. The lowest BCUT2D eigenvalue weighted by Crippen LogP contribution is -2.04. The molecule has 0 aliphatic carbocycles. The highest BCUT2D eigenvalue weighted by molar-refractivity contribution is 9.11. The van der Waals surface area contributed by atoms with Crippen LogP contribution in [0.5, 0.6) is 5.75 Å². The highest BCUT2D eigenvalue weighted by atomic mass is 79.9. The number of hydrogen-bond acceptors (Lipinski definition) is 5. The van der Waals surface area contributed by atoms with Crippen molar-refractivity contribution in [3.05, 3.63) is 65.5 Å². The molecule has 3 aromatic rings. The number of nitrogens with zero attached hydrogens (tertiary/aromatic N) is 1. The van der Waals surface area contributed by atoms with E-state index in [1.807, 2.05) is 6.07 Å². The lowest BCUT2D eigenvalue weighted by atomic mass is 10.1. The van der Waals surface area contributed by atoms with Crippen molar-refractivity contribution in [1.29, 1.82) is 0 Å². The van der Waals surface area contributed by atoms with Crippen LogP contribution in [-0.2, 0) is 9.53 Å². The van der Waals surface area contributed by atoms with E-state index in [4.69, 9.17) is 27.9 Å². The van der Waals surface area contributed by atoms with Crippen LogP contribution in [0.15, 0.2) is 50.0 Å². The van der Waals surface area contributed by atoms with Crippen molar-refractivity contribution in [2.45, 2.75) is 0 Å². The number of rotatable bonds is 2. The highest BCUT2D eigenvalue weighted by Crippen LogP contribution is 2.39. The molecule has 1 aromatic heterocycles.